The van der Waals surface area contributed by atoms with Gasteiger partial charge in [0.1, 0.15) is 12.1 Å². The molecule has 102 valence electrons. The number of nitrogens with one attached hydrogen (secondary N) is 2. The van der Waals surface area contributed by atoms with Gasteiger partial charge in [-0.15, -0.1) is 0 Å². The SMILES string of the molecule is COCc1cc(Nc2ccc3[nH]cc(C)c3c2)ncn1. The molecule has 3 rings (SSSR count). The lowest BCUT2D eigenvalue weighted by Gasteiger charge is -2.07. The molecule has 0 aliphatic rings. The second-order valence-corrected chi connectivity index (χ2v) is 4.68. The lowest BCUT2D eigenvalue weighted by Crippen LogP contribution is -1.98. The number of ether oxygens (including phenoxy) is 1. The van der Waals surface area contributed by atoms with Crippen LogP contribution in [0.5, 0.6) is 0 Å². The van der Waals surface area contributed by atoms with Crippen LogP contribution in [0.3, 0.4) is 0 Å². The number of hydrogen-bond acceptors (Lipinski definition) is 4. The van der Waals surface area contributed by atoms with Gasteiger partial charge in [-0.1, -0.05) is 0 Å². The standard InChI is InChI=1S/C15H16N4O/c1-10-7-16-14-4-3-11(5-13(10)14)19-15-6-12(8-20-2)17-9-18-15/h3-7,9,16H,8H2,1-2H3,(H,17,18,19). The van der Waals surface area contributed by atoms with E-state index in [2.05, 4.69) is 39.3 Å². The molecule has 1 aromatic carbocycles. The average Bonchev–Trinajstić information content (AvgIpc) is 2.81. The van der Waals surface area contributed by atoms with Gasteiger partial charge in [-0.2, -0.15) is 0 Å². The van der Waals surface area contributed by atoms with Gasteiger partial charge < -0.3 is 15.0 Å². The zero-order valence-corrected chi connectivity index (χ0v) is 11.5. The van der Waals surface area contributed by atoms with E-state index < -0.39 is 0 Å². The summed E-state index contributed by atoms with van der Waals surface area (Å²) < 4.78 is 5.07. The number of aromatic nitrogens is 3. The monoisotopic (exact) mass is 268 g/mol. The smallest absolute Gasteiger partial charge is 0.134 e. The minimum absolute atomic E-state index is 0.479. The molecule has 0 aliphatic heterocycles. The highest BCUT2D eigenvalue weighted by Crippen LogP contribution is 2.23. The van der Waals surface area contributed by atoms with E-state index in [1.54, 1.807) is 7.11 Å². The van der Waals surface area contributed by atoms with Crippen LogP contribution in [0.15, 0.2) is 36.8 Å². The van der Waals surface area contributed by atoms with Crippen molar-refractivity contribution >= 4 is 22.4 Å². The van der Waals surface area contributed by atoms with Crippen molar-refractivity contribution in [3.8, 4) is 0 Å². The summed E-state index contributed by atoms with van der Waals surface area (Å²) in [5, 5.41) is 4.50. The predicted molar refractivity (Wildman–Crippen MR) is 79.1 cm³/mol. The maximum Gasteiger partial charge on any atom is 0.134 e. The van der Waals surface area contributed by atoms with Gasteiger partial charge in [0.25, 0.3) is 0 Å². The maximum absolute atomic E-state index is 5.07. The van der Waals surface area contributed by atoms with Crippen LogP contribution < -0.4 is 5.32 Å². The molecule has 2 aromatic heterocycles. The fourth-order valence-corrected chi connectivity index (χ4v) is 2.18. The molecule has 5 nitrogen and oxygen atoms in total. The lowest BCUT2D eigenvalue weighted by atomic mass is 10.2. The first kappa shape index (κ1) is 12.6. The zero-order chi connectivity index (χ0) is 13.9. The molecule has 20 heavy (non-hydrogen) atoms. The van der Waals surface area contributed by atoms with Crippen LogP contribution in [0.4, 0.5) is 11.5 Å². The Morgan fingerprint density at radius 2 is 2.15 bits per heavy atom. The second kappa shape index (κ2) is 5.30. The summed E-state index contributed by atoms with van der Waals surface area (Å²) in [6.45, 7) is 2.57. The Morgan fingerprint density at radius 1 is 1.25 bits per heavy atom. The highest BCUT2D eigenvalue weighted by Gasteiger charge is 2.03. The Bertz CT molecular complexity index is 736. The van der Waals surface area contributed by atoms with Crippen molar-refractivity contribution in [3.05, 3.63) is 48.0 Å². The Kier molecular flexibility index (Phi) is 3.35. The molecule has 0 spiro atoms. The number of aryl methyl sites for hydroxylation is 1. The van der Waals surface area contributed by atoms with E-state index in [9.17, 15) is 0 Å². The zero-order valence-electron chi connectivity index (χ0n) is 11.5. The van der Waals surface area contributed by atoms with Crippen LogP contribution >= 0.6 is 0 Å². The molecule has 0 atom stereocenters. The first-order valence-electron chi connectivity index (χ1n) is 6.41. The van der Waals surface area contributed by atoms with Crippen LogP contribution in [0.1, 0.15) is 11.3 Å². The van der Waals surface area contributed by atoms with Crippen molar-refractivity contribution in [1.29, 1.82) is 0 Å². The predicted octanol–water partition coefficient (Wildman–Crippen LogP) is 3.16. The lowest BCUT2D eigenvalue weighted by molar-refractivity contribution is 0.181. The Labute approximate surface area is 117 Å². The summed E-state index contributed by atoms with van der Waals surface area (Å²) in [6, 6.07) is 8.08. The van der Waals surface area contributed by atoms with E-state index in [1.165, 1.54) is 17.3 Å². The number of fused-ring (bicyclic) bond motifs is 1. The van der Waals surface area contributed by atoms with Gasteiger partial charge >= 0.3 is 0 Å². The molecular weight excluding hydrogens is 252 g/mol. The molecule has 2 heterocycles. The van der Waals surface area contributed by atoms with E-state index in [1.807, 2.05) is 18.3 Å². The number of methoxy groups -OCH3 is 1. The number of anilines is 2. The molecular formula is C15H16N4O. The summed E-state index contributed by atoms with van der Waals surface area (Å²) in [6.07, 6.45) is 3.55. The molecule has 0 saturated heterocycles. The molecule has 3 aromatic rings. The minimum atomic E-state index is 0.479. The van der Waals surface area contributed by atoms with Crippen molar-refractivity contribution in [3.63, 3.8) is 0 Å². The van der Waals surface area contributed by atoms with Gasteiger partial charge in [0.15, 0.2) is 0 Å². The van der Waals surface area contributed by atoms with Crippen molar-refractivity contribution < 1.29 is 4.74 Å². The summed E-state index contributed by atoms with van der Waals surface area (Å²) in [5.41, 5.74) is 4.22. The first-order chi connectivity index (χ1) is 9.76. The summed E-state index contributed by atoms with van der Waals surface area (Å²) in [5.74, 6) is 0.764. The highest BCUT2D eigenvalue weighted by atomic mass is 16.5. The van der Waals surface area contributed by atoms with Crippen molar-refractivity contribution in [2.24, 2.45) is 0 Å². The van der Waals surface area contributed by atoms with Gasteiger partial charge in [0, 0.05) is 36.0 Å². The van der Waals surface area contributed by atoms with Crippen LogP contribution in [-0.2, 0) is 11.3 Å². The van der Waals surface area contributed by atoms with E-state index in [-0.39, 0.29) is 0 Å². The van der Waals surface area contributed by atoms with Crippen molar-refractivity contribution in [2.45, 2.75) is 13.5 Å². The fraction of sp³-hybridized carbons (Fsp3) is 0.200. The summed E-state index contributed by atoms with van der Waals surface area (Å²) in [7, 11) is 1.65. The summed E-state index contributed by atoms with van der Waals surface area (Å²) >= 11 is 0. The van der Waals surface area contributed by atoms with Crippen LogP contribution in [0.2, 0.25) is 0 Å². The van der Waals surface area contributed by atoms with E-state index >= 15 is 0 Å². The minimum Gasteiger partial charge on any atom is -0.378 e. The Morgan fingerprint density at radius 3 is 3.00 bits per heavy atom. The highest BCUT2D eigenvalue weighted by molar-refractivity contribution is 5.86. The second-order valence-electron chi connectivity index (χ2n) is 4.68. The molecule has 0 aliphatic carbocycles. The van der Waals surface area contributed by atoms with Gasteiger partial charge in [0.05, 0.1) is 12.3 Å². The third kappa shape index (κ3) is 2.48. The summed E-state index contributed by atoms with van der Waals surface area (Å²) in [4.78, 5) is 11.6. The number of aromatic amines is 1. The third-order valence-corrected chi connectivity index (χ3v) is 3.18. The van der Waals surface area contributed by atoms with Gasteiger partial charge in [0.2, 0.25) is 0 Å². The van der Waals surface area contributed by atoms with Crippen LogP contribution in [0.25, 0.3) is 10.9 Å². The molecule has 0 unspecified atom stereocenters. The number of nitrogens with zero attached hydrogens (tertiary/aromatic N) is 2. The Balaban J connectivity index is 1.88. The van der Waals surface area contributed by atoms with Crippen molar-refractivity contribution in [1.82, 2.24) is 15.0 Å². The molecule has 0 saturated carbocycles. The average molecular weight is 268 g/mol. The fourth-order valence-electron chi connectivity index (χ4n) is 2.18. The van der Waals surface area contributed by atoms with E-state index in [0.29, 0.717) is 6.61 Å². The molecule has 0 fully saturated rings. The maximum atomic E-state index is 5.07. The molecule has 5 heteroatoms. The third-order valence-electron chi connectivity index (χ3n) is 3.18. The first-order valence-corrected chi connectivity index (χ1v) is 6.41. The van der Waals surface area contributed by atoms with Gasteiger partial charge in [-0.25, -0.2) is 9.97 Å². The number of benzene rings is 1. The molecule has 2 N–H and O–H groups in total. The molecule has 0 radical (unpaired) electrons. The quantitative estimate of drug-likeness (QED) is 0.763. The normalized spacial score (nSPS) is 10.9. The topological polar surface area (TPSA) is 62.8 Å². The van der Waals surface area contributed by atoms with Crippen LogP contribution in [0, 0.1) is 6.92 Å². The largest absolute Gasteiger partial charge is 0.378 e. The van der Waals surface area contributed by atoms with E-state index in [4.69, 9.17) is 4.74 Å². The Hall–Kier alpha value is -2.40. The van der Waals surface area contributed by atoms with Crippen molar-refractivity contribution in [2.75, 3.05) is 12.4 Å². The number of hydrogen-bond donors (Lipinski definition) is 2. The van der Waals surface area contributed by atoms with E-state index in [0.717, 1.165) is 22.7 Å². The molecule has 0 bridgehead atoms. The number of rotatable bonds is 4. The molecule has 0 amide bonds. The van der Waals surface area contributed by atoms with Gasteiger partial charge in [-0.3, -0.25) is 0 Å². The number of H-pyrrole nitrogens is 1. The van der Waals surface area contributed by atoms with Crippen LogP contribution in [-0.4, -0.2) is 22.1 Å². The van der Waals surface area contributed by atoms with Gasteiger partial charge in [-0.05, 0) is 30.7 Å².